The third kappa shape index (κ3) is 6.20. The van der Waals surface area contributed by atoms with Gasteiger partial charge in [-0.15, -0.1) is 0 Å². The highest BCUT2D eigenvalue weighted by atomic mass is 19.3. The third-order valence-corrected chi connectivity index (χ3v) is 8.64. The molecule has 2 aliphatic rings. The highest BCUT2D eigenvalue weighted by molar-refractivity contribution is 6.04. The Morgan fingerprint density at radius 3 is 2.49 bits per heavy atom. The fraction of sp³-hybridized carbons (Fsp3) is 0.371. The van der Waals surface area contributed by atoms with E-state index in [9.17, 15) is 13.6 Å². The Hall–Kier alpha value is -4.04. The molecule has 224 valence electrons. The van der Waals surface area contributed by atoms with Crippen LogP contribution in [0.25, 0.3) is 22.5 Å². The molecule has 6 rings (SSSR count). The van der Waals surface area contributed by atoms with Crippen molar-refractivity contribution in [2.24, 2.45) is 5.92 Å². The minimum Gasteiger partial charge on any atom is -0.492 e. The van der Waals surface area contributed by atoms with Crippen molar-refractivity contribution in [3.63, 3.8) is 0 Å². The van der Waals surface area contributed by atoms with Gasteiger partial charge >= 0.3 is 0 Å². The van der Waals surface area contributed by atoms with Gasteiger partial charge in [-0.3, -0.25) is 9.69 Å². The molecule has 1 saturated carbocycles. The van der Waals surface area contributed by atoms with Crippen LogP contribution in [0.1, 0.15) is 58.6 Å². The minimum absolute atomic E-state index is 0.0758. The molecule has 2 fully saturated rings. The number of amides is 1. The SMILES string of the molecule is Cc1ccccc1-c1cc(OCCN2CCCC2)cc(-c2nc(C(=O)Nc3cccc(C(F)(F)C4CC4)c3)c(C)[nH]2)c1C. The molecule has 0 unspecified atom stereocenters. The molecule has 0 spiro atoms. The van der Waals surface area contributed by atoms with Crippen LogP contribution in [0, 0.1) is 26.7 Å². The summed E-state index contributed by atoms with van der Waals surface area (Å²) in [6.07, 6.45) is 3.51. The molecule has 0 radical (unpaired) electrons. The van der Waals surface area contributed by atoms with Crippen molar-refractivity contribution in [2.75, 3.05) is 31.6 Å². The molecule has 8 heteroatoms. The smallest absolute Gasteiger partial charge is 0.276 e. The van der Waals surface area contributed by atoms with E-state index >= 15 is 0 Å². The summed E-state index contributed by atoms with van der Waals surface area (Å²) in [5, 5.41) is 2.78. The Labute approximate surface area is 251 Å². The van der Waals surface area contributed by atoms with Crippen molar-refractivity contribution < 1.29 is 18.3 Å². The predicted octanol–water partition coefficient (Wildman–Crippen LogP) is 7.90. The van der Waals surface area contributed by atoms with Crippen LogP contribution in [0.5, 0.6) is 5.75 Å². The first kappa shape index (κ1) is 29.1. The fourth-order valence-electron chi connectivity index (χ4n) is 5.96. The number of carbonyl (C=O) groups is 1. The van der Waals surface area contributed by atoms with E-state index in [4.69, 9.17) is 9.72 Å². The molecular formula is C35H38F2N4O2. The summed E-state index contributed by atoms with van der Waals surface area (Å²) in [4.78, 5) is 23.7. The van der Waals surface area contributed by atoms with Crippen LogP contribution >= 0.6 is 0 Å². The van der Waals surface area contributed by atoms with Crippen molar-refractivity contribution in [1.29, 1.82) is 0 Å². The molecule has 1 aliphatic carbocycles. The number of aromatic amines is 1. The molecule has 1 amide bonds. The van der Waals surface area contributed by atoms with Crippen LogP contribution in [0.3, 0.4) is 0 Å². The van der Waals surface area contributed by atoms with Gasteiger partial charge in [0.2, 0.25) is 0 Å². The second-order valence-electron chi connectivity index (χ2n) is 11.8. The average molecular weight is 585 g/mol. The molecular weight excluding hydrogens is 546 g/mol. The second kappa shape index (κ2) is 11.9. The Bertz CT molecular complexity index is 1640. The van der Waals surface area contributed by atoms with Crippen molar-refractivity contribution in [3.8, 4) is 28.3 Å². The summed E-state index contributed by atoms with van der Waals surface area (Å²) in [6, 6.07) is 18.2. The highest BCUT2D eigenvalue weighted by Gasteiger charge is 2.48. The summed E-state index contributed by atoms with van der Waals surface area (Å²) >= 11 is 0. The zero-order valence-corrected chi connectivity index (χ0v) is 25.0. The first-order valence-electron chi connectivity index (χ1n) is 15.1. The zero-order chi connectivity index (χ0) is 30.1. The lowest BCUT2D eigenvalue weighted by Gasteiger charge is -2.18. The number of carbonyl (C=O) groups excluding carboxylic acids is 1. The van der Waals surface area contributed by atoms with Gasteiger partial charge in [0.25, 0.3) is 11.8 Å². The number of likely N-dealkylation sites (tertiary alicyclic amines) is 1. The average Bonchev–Trinajstić information content (AvgIpc) is 3.61. The summed E-state index contributed by atoms with van der Waals surface area (Å²) in [5.41, 5.74) is 6.19. The zero-order valence-electron chi connectivity index (χ0n) is 25.0. The number of halogens is 2. The van der Waals surface area contributed by atoms with Gasteiger partial charge in [-0.2, -0.15) is 0 Å². The number of aryl methyl sites for hydroxylation is 2. The number of anilines is 1. The maximum absolute atomic E-state index is 14.7. The monoisotopic (exact) mass is 584 g/mol. The second-order valence-corrected chi connectivity index (χ2v) is 11.8. The topological polar surface area (TPSA) is 70.2 Å². The fourth-order valence-corrected chi connectivity index (χ4v) is 5.96. The largest absolute Gasteiger partial charge is 0.492 e. The molecule has 2 heterocycles. The van der Waals surface area contributed by atoms with Gasteiger partial charge in [-0.25, -0.2) is 13.8 Å². The van der Waals surface area contributed by atoms with Crippen molar-refractivity contribution in [1.82, 2.24) is 14.9 Å². The van der Waals surface area contributed by atoms with Crippen LogP contribution in [-0.2, 0) is 5.92 Å². The first-order chi connectivity index (χ1) is 20.7. The van der Waals surface area contributed by atoms with Crippen LogP contribution in [0.2, 0.25) is 0 Å². The van der Waals surface area contributed by atoms with E-state index in [-0.39, 0.29) is 11.3 Å². The molecule has 43 heavy (non-hydrogen) atoms. The number of ether oxygens (including phenoxy) is 1. The van der Waals surface area contributed by atoms with Crippen LogP contribution in [-0.4, -0.2) is 47.0 Å². The van der Waals surface area contributed by atoms with E-state index in [0.717, 1.165) is 53.2 Å². The lowest BCUT2D eigenvalue weighted by molar-refractivity contribution is -0.0285. The summed E-state index contributed by atoms with van der Waals surface area (Å²) < 4.78 is 35.7. The molecule has 2 N–H and O–H groups in total. The third-order valence-electron chi connectivity index (χ3n) is 8.64. The molecule has 1 aromatic heterocycles. The van der Waals surface area contributed by atoms with Gasteiger partial charge in [0.05, 0.1) is 0 Å². The van der Waals surface area contributed by atoms with Gasteiger partial charge < -0.3 is 15.0 Å². The van der Waals surface area contributed by atoms with Gasteiger partial charge in [-0.05, 0) is 106 Å². The van der Waals surface area contributed by atoms with Gasteiger partial charge in [0, 0.05) is 35.0 Å². The Morgan fingerprint density at radius 1 is 1.00 bits per heavy atom. The van der Waals surface area contributed by atoms with Gasteiger partial charge in [0.1, 0.15) is 23.9 Å². The Kier molecular flexibility index (Phi) is 8.05. The number of H-pyrrole nitrogens is 1. The van der Waals surface area contributed by atoms with E-state index in [1.807, 2.05) is 25.1 Å². The van der Waals surface area contributed by atoms with Gasteiger partial charge in [0.15, 0.2) is 0 Å². The van der Waals surface area contributed by atoms with Crippen LogP contribution in [0.15, 0.2) is 60.7 Å². The Balaban J connectivity index is 1.29. The first-order valence-corrected chi connectivity index (χ1v) is 15.1. The number of nitrogens with one attached hydrogen (secondary N) is 2. The highest BCUT2D eigenvalue weighted by Crippen LogP contribution is 2.50. The number of benzene rings is 3. The predicted molar refractivity (Wildman–Crippen MR) is 166 cm³/mol. The summed E-state index contributed by atoms with van der Waals surface area (Å²) in [7, 11) is 0. The number of alkyl halides is 2. The quantitative estimate of drug-likeness (QED) is 0.199. The molecule has 3 aromatic carbocycles. The number of rotatable bonds is 10. The number of hydrogen-bond donors (Lipinski definition) is 2. The standard InChI is InChI=1S/C35H38F2N4O2/c1-22-9-4-5-12-29(22)30-20-28(43-18-17-41-15-6-7-16-41)21-31(23(30)2)33-38-24(3)32(40-33)34(42)39-27-11-8-10-26(19-27)35(36,37)25-13-14-25/h4-5,8-12,19-21,25H,6-7,13-18H2,1-3H3,(H,38,40)(H,39,42). The molecule has 0 bridgehead atoms. The van der Waals surface area contributed by atoms with Crippen molar-refractivity contribution >= 4 is 11.6 Å². The van der Waals surface area contributed by atoms with Crippen LogP contribution in [0.4, 0.5) is 14.5 Å². The van der Waals surface area contributed by atoms with E-state index < -0.39 is 17.7 Å². The lowest BCUT2D eigenvalue weighted by Crippen LogP contribution is -2.25. The number of nitrogens with zero attached hydrogens (tertiary/aromatic N) is 2. The van der Waals surface area contributed by atoms with E-state index in [2.05, 4.69) is 40.3 Å². The van der Waals surface area contributed by atoms with Crippen molar-refractivity contribution in [3.05, 3.63) is 88.7 Å². The molecule has 1 aliphatic heterocycles. The van der Waals surface area contributed by atoms with E-state index in [1.165, 1.54) is 25.0 Å². The molecule has 4 aromatic rings. The summed E-state index contributed by atoms with van der Waals surface area (Å²) in [5.74, 6) is -2.69. The van der Waals surface area contributed by atoms with Gasteiger partial charge in [-0.1, -0.05) is 36.4 Å². The maximum Gasteiger partial charge on any atom is 0.276 e. The van der Waals surface area contributed by atoms with Crippen LogP contribution < -0.4 is 10.1 Å². The number of hydrogen-bond acceptors (Lipinski definition) is 4. The molecule has 0 atom stereocenters. The number of aromatic nitrogens is 2. The Morgan fingerprint density at radius 2 is 1.74 bits per heavy atom. The normalized spacial score (nSPS) is 15.6. The summed E-state index contributed by atoms with van der Waals surface area (Å²) in [6.45, 7) is 9.61. The lowest BCUT2D eigenvalue weighted by atomic mass is 9.93. The van der Waals surface area contributed by atoms with E-state index in [0.29, 0.717) is 36.7 Å². The molecule has 1 saturated heterocycles. The van der Waals surface area contributed by atoms with E-state index in [1.54, 1.807) is 19.1 Å². The molecule has 6 nitrogen and oxygen atoms in total. The maximum atomic E-state index is 14.7. The van der Waals surface area contributed by atoms with Crippen molar-refractivity contribution in [2.45, 2.75) is 52.4 Å². The minimum atomic E-state index is -2.90. The number of imidazole rings is 1.